The molecule has 2 rings (SSSR count). The fourth-order valence-corrected chi connectivity index (χ4v) is 5.30. The number of nitrogens with zero attached hydrogens (tertiary/aromatic N) is 3. The number of likely N-dealkylation sites (N-methyl/N-ethyl adjacent to an activating group) is 1. The highest BCUT2D eigenvalue weighted by molar-refractivity contribution is 7.91. The van der Waals surface area contributed by atoms with Crippen molar-refractivity contribution in [1.29, 1.82) is 0 Å². The van der Waals surface area contributed by atoms with E-state index in [1.54, 1.807) is 28.8 Å². The van der Waals surface area contributed by atoms with Gasteiger partial charge in [0.15, 0.2) is 9.84 Å². The average molecular weight is 361 g/mol. The Morgan fingerprint density at radius 2 is 1.62 bits per heavy atom. The minimum Gasteiger partial charge on any atom is -0.372 e. The lowest BCUT2D eigenvalue weighted by Crippen LogP contribution is -2.63. The zero-order chi connectivity index (χ0) is 17.9. The van der Waals surface area contributed by atoms with E-state index in [4.69, 9.17) is 4.74 Å². The molecule has 24 heavy (non-hydrogen) atoms. The van der Waals surface area contributed by atoms with Crippen molar-refractivity contribution in [3.8, 4) is 0 Å². The maximum absolute atomic E-state index is 12.4. The molecular formula is C15H27N3O5S. The molecule has 2 aliphatic heterocycles. The summed E-state index contributed by atoms with van der Waals surface area (Å²) in [5.41, 5.74) is 0. The maximum Gasteiger partial charge on any atom is 0.248 e. The Bertz CT molecular complexity index is 578. The zero-order valence-electron chi connectivity index (χ0n) is 14.6. The summed E-state index contributed by atoms with van der Waals surface area (Å²) >= 11 is 0. The number of rotatable bonds is 6. The van der Waals surface area contributed by atoms with E-state index in [0.29, 0.717) is 19.7 Å². The van der Waals surface area contributed by atoms with Gasteiger partial charge in [0.1, 0.15) is 6.61 Å². The first-order valence-electron chi connectivity index (χ1n) is 8.27. The second-order valence-corrected chi connectivity index (χ2v) is 8.83. The fraction of sp³-hybridized carbons (Fsp3) is 0.867. The third-order valence-corrected chi connectivity index (χ3v) is 6.04. The van der Waals surface area contributed by atoms with E-state index in [9.17, 15) is 18.0 Å². The number of ether oxygens (including phenoxy) is 1. The summed E-state index contributed by atoms with van der Waals surface area (Å²) in [6.45, 7) is 3.37. The number of piperazine rings is 1. The van der Waals surface area contributed by atoms with E-state index in [-0.39, 0.29) is 36.5 Å². The number of carbonyl (C=O) groups is 2. The van der Waals surface area contributed by atoms with Crippen molar-refractivity contribution in [3.05, 3.63) is 0 Å². The molecule has 0 bridgehead atoms. The van der Waals surface area contributed by atoms with Gasteiger partial charge in [0.2, 0.25) is 11.8 Å². The highest BCUT2D eigenvalue weighted by atomic mass is 32.2. The molecule has 2 fully saturated rings. The van der Waals surface area contributed by atoms with Crippen molar-refractivity contribution in [3.63, 3.8) is 0 Å². The van der Waals surface area contributed by atoms with E-state index < -0.39 is 21.9 Å². The van der Waals surface area contributed by atoms with E-state index in [1.807, 2.05) is 6.92 Å². The first-order chi connectivity index (χ1) is 11.2. The monoisotopic (exact) mass is 361 g/mol. The van der Waals surface area contributed by atoms with Gasteiger partial charge in [-0.3, -0.25) is 9.59 Å². The summed E-state index contributed by atoms with van der Waals surface area (Å²) < 4.78 is 29.5. The Kier molecular flexibility index (Phi) is 6.22. The lowest BCUT2D eigenvalue weighted by molar-refractivity contribution is -0.148. The number of sulfone groups is 1. The van der Waals surface area contributed by atoms with Gasteiger partial charge in [-0.15, -0.1) is 0 Å². The van der Waals surface area contributed by atoms with Crippen LogP contribution in [0.1, 0.15) is 13.3 Å². The van der Waals surface area contributed by atoms with Gasteiger partial charge in [-0.2, -0.15) is 0 Å². The number of fused-ring (bicyclic) bond motifs is 1. The average Bonchev–Trinajstić information content (AvgIpc) is 2.80. The largest absolute Gasteiger partial charge is 0.372 e. The Balaban J connectivity index is 2.12. The molecule has 2 amide bonds. The van der Waals surface area contributed by atoms with Crippen LogP contribution in [0.2, 0.25) is 0 Å². The third kappa shape index (κ3) is 4.46. The molecule has 2 saturated heterocycles. The predicted octanol–water partition coefficient (Wildman–Crippen LogP) is -1.19. The number of hydrogen-bond donors (Lipinski definition) is 0. The topological polar surface area (TPSA) is 87.2 Å². The van der Waals surface area contributed by atoms with Crippen LogP contribution in [0.5, 0.6) is 0 Å². The zero-order valence-corrected chi connectivity index (χ0v) is 15.4. The van der Waals surface area contributed by atoms with Crippen molar-refractivity contribution in [2.75, 3.05) is 58.4 Å². The van der Waals surface area contributed by atoms with E-state index >= 15 is 0 Å². The van der Waals surface area contributed by atoms with Crippen molar-refractivity contribution in [2.24, 2.45) is 0 Å². The second-order valence-electron chi connectivity index (χ2n) is 6.68. The van der Waals surface area contributed by atoms with Gasteiger partial charge in [-0.1, -0.05) is 6.92 Å². The number of carbonyl (C=O) groups excluding carboxylic acids is 2. The van der Waals surface area contributed by atoms with Gasteiger partial charge in [0.25, 0.3) is 0 Å². The van der Waals surface area contributed by atoms with Gasteiger partial charge in [-0.05, 0) is 20.5 Å². The van der Waals surface area contributed by atoms with Crippen LogP contribution in [-0.2, 0) is 24.2 Å². The second kappa shape index (κ2) is 7.79. The van der Waals surface area contributed by atoms with Crippen LogP contribution in [-0.4, -0.2) is 105 Å². The van der Waals surface area contributed by atoms with Gasteiger partial charge in [0, 0.05) is 19.7 Å². The van der Waals surface area contributed by atoms with E-state index in [2.05, 4.69) is 0 Å². The van der Waals surface area contributed by atoms with Crippen LogP contribution in [0.4, 0.5) is 0 Å². The third-order valence-electron chi connectivity index (χ3n) is 4.34. The molecule has 0 saturated carbocycles. The maximum atomic E-state index is 12.4. The van der Waals surface area contributed by atoms with Crippen molar-refractivity contribution >= 4 is 21.7 Å². The SMILES string of the molecule is CCCOCC(=O)N1CCN(C(=O)CN(C)C)[C@@H]2CS(=O)(=O)C[C@@H]21. The summed E-state index contributed by atoms with van der Waals surface area (Å²) in [6, 6.07) is -0.918. The highest BCUT2D eigenvalue weighted by Gasteiger charge is 2.49. The van der Waals surface area contributed by atoms with Crippen LogP contribution in [0.3, 0.4) is 0 Å². The van der Waals surface area contributed by atoms with Crippen LogP contribution >= 0.6 is 0 Å². The van der Waals surface area contributed by atoms with E-state index in [0.717, 1.165) is 6.42 Å². The van der Waals surface area contributed by atoms with Gasteiger partial charge < -0.3 is 19.4 Å². The smallest absolute Gasteiger partial charge is 0.248 e. The minimum atomic E-state index is -3.26. The van der Waals surface area contributed by atoms with Gasteiger partial charge in [-0.25, -0.2) is 8.42 Å². The van der Waals surface area contributed by atoms with Gasteiger partial charge in [0.05, 0.1) is 30.1 Å². The summed E-state index contributed by atoms with van der Waals surface area (Å²) in [6.07, 6.45) is 0.820. The molecule has 0 aromatic rings. The molecule has 2 aliphatic rings. The predicted molar refractivity (Wildman–Crippen MR) is 89.3 cm³/mol. The molecule has 0 N–H and O–H groups in total. The minimum absolute atomic E-state index is 0.0389. The number of amides is 2. The summed E-state index contributed by atoms with van der Waals surface area (Å²) in [7, 11) is 0.337. The molecule has 9 heteroatoms. The van der Waals surface area contributed by atoms with Gasteiger partial charge >= 0.3 is 0 Å². The van der Waals surface area contributed by atoms with Crippen molar-refractivity contribution in [1.82, 2.24) is 14.7 Å². The first kappa shape index (κ1) is 19.1. The first-order valence-corrected chi connectivity index (χ1v) is 10.1. The molecule has 0 radical (unpaired) electrons. The highest BCUT2D eigenvalue weighted by Crippen LogP contribution is 2.27. The van der Waals surface area contributed by atoms with Crippen molar-refractivity contribution < 1.29 is 22.7 Å². The molecular weight excluding hydrogens is 334 g/mol. The molecule has 0 unspecified atom stereocenters. The fourth-order valence-electron chi connectivity index (χ4n) is 3.32. The van der Waals surface area contributed by atoms with Crippen LogP contribution in [0, 0.1) is 0 Å². The molecule has 0 aliphatic carbocycles. The Hall–Kier alpha value is -1.19. The Morgan fingerprint density at radius 3 is 2.12 bits per heavy atom. The van der Waals surface area contributed by atoms with Crippen LogP contribution in [0.25, 0.3) is 0 Å². The number of hydrogen-bond acceptors (Lipinski definition) is 6. The normalized spacial score (nSPS) is 25.8. The molecule has 2 atom stereocenters. The molecule has 138 valence electrons. The lowest BCUT2D eigenvalue weighted by atomic mass is 10.0. The Labute approximate surface area is 143 Å². The van der Waals surface area contributed by atoms with E-state index in [1.165, 1.54) is 0 Å². The summed E-state index contributed by atoms with van der Waals surface area (Å²) in [4.78, 5) is 29.8. The molecule has 0 aromatic carbocycles. The molecule has 0 spiro atoms. The molecule has 0 aromatic heterocycles. The van der Waals surface area contributed by atoms with Crippen LogP contribution < -0.4 is 0 Å². The quantitative estimate of drug-likeness (QED) is 0.553. The summed E-state index contributed by atoms with van der Waals surface area (Å²) in [5.74, 6) is -0.448. The van der Waals surface area contributed by atoms with Crippen molar-refractivity contribution in [2.45, 2.75) is 25.4 Å². The standard InChI is InChI=1S/C15H27N3O5S/c1-4-7-23-9-15(20)18-6-5-17(14(19)8-16(2)3)12-10-24(21,22)11-13(12)18/h12-13H,4-11H2,1-3H3/t12-,13+/m1/s1. The Morgan fingerprint density at radius 1 is 1.08 bits per heavy atom. The molecule has 8 nitrogen and oxygen atoms in total. The summed E-state index contributed by atoms with van der Waals surface area (Å²) in [5, 5.41) is 0. The molecule has 2 heterocycles. The lowest BCUT2D eigenvalue weighted by Gasteiger charge is -2.44. The van der Waals surface area contributed by atoms with Crippen LogP contribution in [0.15, 0.2) is 0 Å².